The van der Waals surface area contributed by atoms with Crippen LogP contribution in [0.2, 0.25) is 0 Å². The first-order valence-electron chi connectivity index (χ1n) is 7.65. The number of anilines is 1. The molecule has 2 fully saturated rings. The van der Waals surface area contributed by atoms with E-state index in [1.54, 1.807) is 6.92 Å². The van der Waals surface area contributed by atoms with Gasteiger partial charge in [-0.2, -0.15) is 0 Å². The molecule has 114 valence electrons. The number of amides is 1. The molecule has 1 aliphatic heterocycles. The van der Waals surface area contributed by atoms with E-state index in [9.17, 15) is 4.79 Å². The lowest BCUT2D eigenvalue weighted by Crippen LogP contribution is -2.35. The lowest BCUT2D eigenvalue weighted by molar-refractivity contribution is -0.119. The smallest absolute Gasteiger partial charge is 0.217 e. The van der Waals surface area contributed by atoms with Gasteiger partial charge < -0.3 is 15.5 Å². The van der Waals surface area contributed by atoms with Crippen molar-refractivity contribution >= 4 is 27.5 Å². The Morgan fingerprint density at radius 3 is 2.81 bits per heavy atom. The second-order valence-electron chi connectivity index (χ2n) is 6.06. The van der Waals surface area contributed by atoms with Crippen LogP contribution in [0.25, 0.3) is 0 Å². The van der Waals surface area contributed by atoms with Crippen LogP contribution in [-0.4, -0.2) is 31.1 Å². The van der Waals surface area contributed by atoms with Crippen LogP contribution in [0, 0.1) is 0 Å². The Kier molecular flexibility index (Phi) is 4.50. The summed E-state index contributed by atoms with van der Waals surface area (Å²) in [5.41, 5.74) is 2.54. The van der Waals surface area contributed by atoms with Crippen molar-refractivity contribution in [2.45, 2.75) is 44.8 Å². The molecule has 1 saturated heterocycles. The number of nitrogens with one attached hydrogen (secondary N) is 2. The Morgan fingerprint density at radius 1 is 1.33 bits per heavy atom. The summed E-state index contributed by atoms with van der Waals surface area (Å²) in [7, 11) is 0. The Labute approximate surface area is 134 Å². The molecule has 0 aromatic heterocycles. The van der Waals surface area contributed by atoms with Crippen LogP contribution in [0.3, 0.4) is 0 Å². The van der Waals surface area contributed by atoms with Crippen molar-refractivity contribution < 1.29 is 4.79 Å². The van der Waals surface area contributed by atoms with Crippen LogP contribution in [0.4, 0.5) is 5.69 Å². The Morgan fingerprint density at radius 2 is 2.14 bits per heavy atom. The van der Waals surface area contributed by atoms with Crippen molar-refractivity contribution in [3.63, 3.8) is 0 Å². The van der Waals surface area contributed by atoms with Crippen LogP contribution >= 0.6 is 15.9 Å². The molecule has 1 aromatic carbocycles. The Balaban J connectivity index is 1.60. The molecule has 1 aliphatic carbocycles. The number of nitrogens with zero attached hydrogens (tertiary/aromatic N) is 1. The van der Waals surface area contributed by atoms with Gasteiger partial charge in [-0.25, -0.2) is 0 Å². The van der Waals surface area contributed by atoms with E-state index in [0.29, 0.717) is 0 Å². The minimum Gasteiger partial charge on any atom is -0.369 e. The molecule has 21 heavy (non-hydrogen) atoms. The van der Waals surface area contributed by atoms with E-state index in [1.165, 1.54) is 24.1 Å². The molecule has 4 nitrogen and oxygen atoms in total. The van der Waals surface area contributed by atoms with E-state index in [0.717, 1.165) is 36.6 Å². The normalized spacial score (nSPS) is 21.6. The lowest BCUT2D eigenvalue weighted by atomic mass is 10.2. The number of hydrogen-bond donors (Lipinski definition) is 2. The summed E-state index contributed by atoms with van der Waals surface area (Å²) in [5.74, 6) is 0.0597. The summed E-state index contributed by atoms with van der Waals surface area (Å²) < 4.78 is 1.16. The van der Waals surface area contributed by atoms with Gasteiger partial charge in [0.15, 0.2) is 0 Å². The maximum atomic E-state index is 11.1. The zero-order valence-corrected chi connectivity index (χ0v) is 13.9. The molecule has 5 heteroatoms. The summed E-state index contributed by atoms with van der Waals surface area (Å²) in [6.07, 6.45) is 3.64. The molecule has 3 rings (SSSR count). The number of rotatable bonds is 5. The quantitative estimate of drug-likeness (QED) is 0.856. The van der Waals surface area contributed by atoms with E-state index in [4.69, 9.17) is 0 Å². The summed E-state index contributed by atoms with van der Waals surface area (Å²) in [4.78, 5) is 13.5. The first-order valence-corrected chi connectivity index (χ1v) is 8.45. The minimum absolute atomic E-state index is 0.0597. The van der Waals surface area contributed by atoms with Gasteiger partial charge in [0.25, 0.3) is 0 Å². The predicted octanol–water partition coefficient (Wildman–Crippen LogP) is 2.42. The maximum Gasteiger partial charge on any atom is 0.217 e. The van der Waals surface area contributed by atoms with Crippen LogP contribution in [0.15, 0.2) is 22.7 Å². The number of carbonyl (C=O) groups excluding carboxylic acids is 1. The molecular weight excluding hydrogens is 330 g/mol. The molecule has 1 saturated carbocycles. The highest BCUT2D eigenvalue weighted by Crippen LogP contribution is 2.28. The summed E-state index contributed by atoms with van der Waals surface area (Å²) in [6.45, 7) is 4.41. The summed E-state index contributed by atoms with van der Waals surface area (Å²) in [5, 5.41) is 6.55. The zero-order valence-electron chi connectivity index (χ0n) is 12.4. The van der Waals surface area contributed by atoms with Gasteiger partial charge in [-0.15, -0.1) is 0 Å². The third-order valence-corrected chi connectivity index (χ3v) is 4.89. The summed E-state index contributed by atoms with van der Waals surface area (Å²) >= 11 is 3.68. The number of halogens is 1. The van der Waals surface area contributed by atoms with Crippen molar-refractivity contribution in [2.24, 2.45) is 0 Å². The number of benzene rings is 1. The predicted molar refractivity (Wildman–Crippen MR) is 88.4 cm³/mol. The van der Waals surface area contributed by atoms with Gasteiger partial charge in [-0.3, -0.25) is 4.79 Å². The van der Waals surface area contributed by atoms with E-state index in [-0.39, 0.29) is 11.9 Å². The summed E-state index contributed by atoms with van der Waals surface area (Å²) in [6, 6.07) is 7.58. The molecular formula is C16H22BrN3O. The Bertz CT molecular complexity index is 530. The third-order valence-electron chi connectivity index (χ3n) is 4.16. The molecule has 1 aromatic rings. The van der Waals surface area contributed by atoms with Crippen molar-refractivity contribution in [3.05, 3.63) is 28.2 Å². The van der Waals surface area contributed by atoms with Crippen molar-refractivity contribution in [2.75, 3.05) is 18.0 Å². The molecule has 1 amide bonds. The average Bonchev–Trinajstić information content (AvgIpc) is 3.15. The molecule has 1 heterocycles. The largest absolute Gasteiger partial charge is 0.369 e. The molecule has 2 aliphatic rings. The van der Waals surface area contributed by atoms with Crippen molar-refractivity contribution in [1.82, 2.24) is 10.6 Å². The fraction of sp³-hybridized carbons (Fsp3) is 0.562. The monoisotopic (exact) mass is 351 g/mol. The standard InChI is InChI=1S/C16H22BrN3O/c1-11(21)19-14-6-7-20(10-14)15-5-2-12(16(17)8-15)9-18-13-3-4-13/h2,5,8,13-14,18H,3-4,6-7,9-10H2,1H3,(H,19,21). The molecule has 0 spiro atoms. The highest BCUT2D eigenvalue weighted by molar-refractivity contribution is 9.10. The molecule has 1 unspecified atom stereocenters. The fourth-order valence-electron chi connectivity index (χ4n) is 2.82. The van der Waals surface area contributed by atoms with Crippen LogP contribution in [-0.2, 0) is 11.3 Å². The second kappa shape index (κ2) is 6.36. The molecule has 0 bridgehead atoms. The molecule has 2 N–H and O–H groups in total. The first-order chi connectivity index (χ1) is 10.1. The Hall–Kier alpha value is -1.07. The van der Waals surface area contributed by atoms with Gasteiger partial charge in [-0.1, -0.05) is 22.0 Å². The van der Waals surface area contributed by atoms with E-state index in [2.05, 4.69) is 49.7 Å². The first kappa shape index (κ1) is 14.9. The highest BCUT2D eigenvalue weighted by Gasteiger charge is 2.24. The zero-order chi connectivity index (χ0) is 14.8. The maximum absolute atomic E-state index is 11.1. The van der Waals surface area contributed by atoms with Crippen LogP contribution in [0.5, 0.6) is 0 Å². The van der Waals surface area contributed by atoms with E-state index < -0.39 is 0 Å². The van der Waals surface area contributed by atoms with Crippen molar-refractivity contribution in [3.8, 4) is 0 Å². The average molecular weight is 352 g/mol. The minimum atomic E-state index is 0.0597. The SMILES string of the molecule is CC(=O)NC1CCN(c2ccc(CNC3CC3)c(Br)c2)C1. The van der Waals surface area contributed by atoms with Gasteiger partial charge in [0.05, 0.1) is 0 Å². The lowest BCUT2D eigenvalue weighted by Gasteiger charge is -2.20. The third kappa shape index (κ3) is 3.98. The van der Waals surface area contributed by atoms with Gasteiger partial charge in [0, 0.05) is 48.8 Å². The fourth-order valence-corrected chi connectivity index (χ4v) is 3.32. The van der Waals surface area contributed by atoms with Gasteiger partial charge in [-0.05, 0) is 37.0 Å². The number of hydrogen-bond acceptors (Lipinski definition) is 3. The van der Waals surface area contributed by atoms with Crippen LogP contribution < -0.4 is 15.5 Å². The van der Waals surface area contributed by atoms with E-state index >= 15 is 0 Å². The second-order valence-corrected chi connectivity index (χ2v) is 6.92. The van der Waals surface area contributed by atoms with Crippen molar-refractivity contribution in [1.29, 1.82) is 0 Å². The number of carbonyl (C=O) groups is 1. The van der Waals surface area contributed by atoms with E-state index in [1.807, 2.05) is 0 Å². The van der Waals surface area contributed by atoms with Gasteiger partial charge in [0.2, 0.25) is 5.91 Å². The van der Waals surface area contributed by atoms with Gasteiger partial charge in [0.1, 0.15) is 0 Å². The molecule has 0 radical (unpaired) electrons. The molecule has 1 atom stereocenters. The topological polar surface area (TPSA) is 44.4 Å². The highest BCUT2D eigenvalue weighted by atomic mass is 79.9. The van der Waals surface area contributed by atoms with Crippen LogP contribution in [0.1, 0.15) is 31.7 Å². The van der Waals surface area contributed by atoms with Gasteiger partial charge >= 0.3 is 0 Å².